The maximum Gasteiger partial charge on any atom is 0.293 e. The Bertz CT molecular complexity index is 642. The molecule has 0 unspecified atom stereocenters. The number of rotatable bonds is 7. The van der Waals surface area contributed by atoms with Gasteiger partial charge in [-0.1, -0.05) is 13.0 Å². The van der Waals surface area contributed by atoms with Crippen LogP contribution < -0.4 is 10.6 Å². The highest BCUT2D eigenvalue weighted by atomic mass is 32.2. The first-order chi connectivity index (χ1) is 9.82. The Kier molecular flexibility index (Phi) is 5.65. The van der Waals surface area contributed by atoms with Gasteiger partial charge in [-0.3, -0.25) is 14.9 Å². The molecule has 0 aliphatic carbocycles. The van der Waals surface area contributed by atoms with E-state index in [4.69, 9.17) is 0 Å². The number of anilines is 1. The largest absolute Gasteiger partial charge is 0.382 e. The van der Waals surface area contributed by atoms with Gasteiger partial charge in [0.1, 0.15) is 5.69 Å². The third-order valence-electron chi connectivity index (χ3n) is 2.87. The molecule has 1 aromatic rings. The quantitative estimate of drug-likeness (QED) is 0.567. The molecule has 0 aliphatic rings. The van der Waals surface area contributed by atoms with Crippen LogP contribution in [-0.2, 0) is 9.84 Å². The van der Waals surface area contributed by atoms with Crippen molar-refractivity contribution in [2.24, 2.45) is 0 Å². The number of benzene rings is 1. The lowest BCUT2D eigenvalue weighted by Crippen LogP contribution is -2.30. The summed E-state index contributed by atoms with van der Waals surface area (Å²) in [6.07, 6.45) is 0. The van der Waals surface area contributed by atoms with Gasteiger partial charge in [0.25, 0.3) is 11.6 Å². The molecular weight excluding hydrogens is 298 g/mol. The maximum absolute atomic E-state index is 12.0. The van der Waals surface area contributed by atoms with Crippen LogP contribution in [-0.4, -0.2) is 44.3 Å². The highest BCUT2D eigenvalue weighted by Crippen LogP contribution is 2.27. The van der Waals surface area contributed by atoms with Crippen LogP contribution in [0.4, 0.5) is 11.4 Å². The number of nitro benzene ring substituents is 1. The molecule has 0 aromatic heterocycles. The van der Waals surface area contributed by atoms with Crippen LogP contribution in [0.15, 0.2) is 18.2 Å². The Labute approximate surface area is 122 Å². The minimum absolute atomic E-state index is 0.00143. The second-order valence-corrected chi connectivity index (χ2v) is 6.67. The second kappa shape index (κ2) is 7.02. The van der Waals surface area contributed by atoms with E-state index in [1.54, 1.807) is 0 Å². The number of para-hydroxylation sites is 1. The predicted octanol–water partition coefficient (Wildman–Crippen LogP) is 0.801. The van der Waals surface area contributed by atoms with Crippen molar-refractivity contribution in [2.75, 3.05) is 30.4 Å². The monoisotopic (exact) mass is 315 g/mol. The Hall–Kier alpha value is -2.16. The number of nitrogens with zero attached hydrogens (tertiary/aromatic N) is 1. The fraction of sp³-hybridized carbons (Fsp3) is 0.417. The van der Waals surface area contributed by atoms with Gasteiger partial charge in [-0.15, -0.1) is 0 Å². The molecule has 1 aromatic carbocycles. The van der Waals surface area contributed by atoms with E-state index in [9.17, 15) is 23.3 Å². The topological polar surface area (TPSA) is 118 Å². The van der Waals surface area contributed by atoms with Crippen molar-refractivity contribution in [3.8, 4) is 0 Å². The van der Waals surface area contributed by atoms with Crippen molar-refractivity contribution in [3.05, 3.63) is 33.9 Å². The van der Waals surface area contributed by atoms with Crippen LogP contribution >= 0.6 is 0 Å². The molecule has 0 radical (unpaired) electrons. The number of nitrogens with one attached hydrogen (secondary N) is 2. The van der Waals surface area contributed by atoms with Gasteiger partial charge < -0.3 is 10.6 Å². The summed E-state index contributed by atoms with van der Waals surface area (Å²) in [6, 6.07) is 4.11. The minimum atomic E-state index is -3.17. The molecule has 116 valence electrons. The van der Waals surface area contributed by atoms with Crippen molar-refractivity contribution in [3.63, 3.8) is 0 Å². The zero-order chi connectivity index (χ0) is 16.0. The Morgan fingerprint density at radius 1 is 1.38 bits per heavy atom. The molecule has 21 heavy (non-hydrogen) atoms. The Balaban J connectivity index is 2.88. The van der Waals surface area contributed by atoms with Crippen molar-refractivity contribution in [2.45, 2.75) is 6.92 Å². The van der Waals surface area contributed by atoms with E-state index in [0.717, 1.165) is 0 Å². The zero-order valence-corrected chi connectivity index (χ0v) is 12.6. The van der Waals surface area contributed by atoms with Crippen molar-refractivity contribution in [1.82, 2.24) is 5.32 Å². The van der Waals surface area contributed by atoms with E-state index >= 15 is 0 Å². The lowest BCUT2D eigenvalue weighted by molar-refractivity contribution is -0.384. The van der Waals surface area contributed by atoms with E-state index in [0.29, 0.717) is 0 Å². The van der Waals surface area contributed by atoms with Crippen LogP contribution in [0.5, 0.6) is 0 Å². The number of carbonyl (C=O) groups excluding carboxylic acids is 1. The number of nitro groups is 1. The number of amides is 1. The SMILES string of the molecule is CCS(=O)(=O)CCNC(=O)c1cccc([N+](=O)[O-])c1NC. The van der Waals surface area contributed by atoms with Gasteiger partial charge in [-0.05, 0) is 6.07 Å². The molecule has 2 N–H and O–H groups in total. The molecule has 0 aliphatic heterocycles. The zero-order valence-electron chi connectivity index (χ0n) is 11.8. The molecule has 0 fully saturated rings. The van der Waals surface area contributed by atoms with Gasteiger partial charge >= 0.3 is 0 Å². The summed E-state index contributed by atoms with van der Waals surface area (Å²) in [7, 11) is -1.70. The average molecular weight is 315 g/mol. The highest BCUT2D eigenvalue weighted by Gasteiger charge is 2.20. The summed E-state index contributed by atoms with van der Waals surface area (Å²) in [6.45, 7) is 1.48. The predicted molar refractivity (Wildman–Crippen MR) is 79.3 cm³/mol. The summed E-state index contributed by atoms with van der Waals surface area (Å²) < 4.78 is 22.7. The average Bonchev–Trinajstić information content (AvgIpc) is 2.45. The third kappa shape index (κ3) is 4.42. The second-order valence-electron chi connectivity index (χ2n) is 4.20. The maximum atomic E-state index is 12.0. The lowest BCUT2D eigenvalue weighted by atomic mass is 10.1. The first-order valence-corrected chi connectivity index (χ1v) is 8.08. The Morgan fingerprint density at radius 3 is 2.57 bits per heavy atom. The minimum Gasteiger partial charge on any atom is -0.382 e. The molecular formula is C12H17N3O5S. The molecule has 0 atom stereocenters. The summed E-state index contributed by atoms with van der Waals surface area (Å²) in [5, 5.41) is 16.0. The van der Waals surface area contributed by atoms with E-state index in [1.807, 2.05) is 0 Å². The van der Waals surface area contributed by atoms with Crippen LogP contribution in [0, 0.1) is 10.1 Å². The standard InChI is InChI=1S/C12H17N3O5S/c1-3-21(19,20)8-7-14-12(16)9-5-4-6-10(15(17)18)11(9)13-2/h4-6,13H,3,7-8H2,1-2H3,(H,14,16). The summed E-state index contributed by atoms with van der Waals surface area (Å²) in [5.74, 6) is -0.727. The first-order valence-electron chi connectivity index (χ1n) is 6.26. The van der Waals surface area contributed by atoms with Crippen LogP contribution in [0.2, 0.25) is 0 Å². The molecule has 9 heteroatoms. The molecule has 0 bridgehead atoms. The normalized spacial score (nSPS) is 11.0. The molecule has 1 amide bonds. The number of sulfone groups is 1. The fourth-order valence-electron chi connectivity index (χ4n) is 1.70. The summed E-state index contributed by atoms with van der Waals surface area (Å²) in [5.41, 5.74) is -0.0229. The van der Waals surface area contributed by atoms with Crippen LogP contribution in [0.1, 0.15) is 17.3 Å². The number of hydrogen-bond acceptors (Lipinski definition) is 6. The first kappa shape index (κ1) is 16.9. The van der Waals surface area contributed by atoms with Crippen LogP contribution in [0.25, 0.3) is 0 Å². The lowest BCUT2D eigenvalue weighted by Gasteiger charge is -2.10. The highest BCUT2D eigenvalue weighted by molar-refractivity contribution is 7.91. The molecule has 0 spiro atoms. The van der Waals surface area contributed by atoms with E-state index in [2.05, 4.69) is 10.6 Å². The van der Waals surface area contributed by atoms with Gasteiger partial charge in [0.2, 0.25) is 0 Å². The molecule has 0 saturated carbocycles. The number of carbonyl (C=O) groups is 1. The van der Waals surface area contributed by atoms with Crippen LogP contribution in [0.3, 0.4) is 0 Å². The molecule has 8 nitrogen and oxygen atoms in total. The molecule has 1 rings (SSSR count). The van der Waals surface area contributed by atoms with E-state index < -0.39 is 20.7 Å². The smallest absolute Gasteiger partial charge is 0.293 e. The third-order valence-corrected chi connectivity index (χ3v) is 4.58. The Morgan fingerprint density at radius 2 is 2.05 bits per heavy atom. The summed E-state index contributed by atoms with van der Waals surface area (Å²) in [4.78, 5) is 22.3. The molecule has 0 heterocycles. The fourth-order valence-corrected chi connectivity index (χ4v) is 2.41. The van der Waals surface area contributed by atoms with Crippen molar-refractivity contribution in [1.29, 1.82) is 0 Å². The van der Waals surface area contributed by atoms with Gasteiger partial charge in [0.05, 0.1) is 16.2 Å². The molecule has 0 saturated heterocycles. The van der Waals surface area contributed by atoms with Gasteiger partial charge in [-0.25, -0.2) is 8.42 Å². The van der Waals surface area contributed by atoms with Gasteiger partial charge in [0.15, 0.2) is 9.84 Å². The van der Waals surface area contributed by atoms with Gasteiger partial charge in [0, 0.05) is 25.4 Å². The van der Waals surface area contributed by atoms with E-state index in [-0.39, 0.29) is 35.0 Å². The van der Waals surface area contributed by atoms with E-state index in [1.165, 1.54) is 32.2 Å². The number of hydrogen-bond donors (Lipinski definition) is 2. The van der Waals surface area contributed by atoms with Crippen molar-refractivity contribution < 1.29 is 18.1 Å². The van der Waals surface area contributed by atoms with Gasteiger partial charge in [-0.2, -0.15) is 0 Å². The summed E-state index contributed by atoms with van der Waals surface area (Å²) >= 11 is 0. The van der Waals surface area contributed by atoms with Crippen molar-refractivity contribution >= 4 is 27.1 Å².